The molecule has 0 aliphatic rings. The molecule has 0 aliphatic heterocycles. The van der Waals surface area contributed by atoms with E-state index in [2.05, 4.69) is 15.1 Å². The van der Waals surface area contributed by atoms with Gasteiger partial charge in [-0.15, -0.1) is 0 Å². The number of halogens is 1. The summed E-state index contributed by atoms with van der Waals surface area (Å²) in [6.45, 7) is 2.05. The normalized spacial score (nSPS) is 10.6. The van der Waals surface area contributed by atoms with Crippen LogP contribution in [0.25, 0.3) is 27.7 Å². The second-order valence-corrected chi connectivity index (χ2v) is 8.33. The molecule has 1 amide bonds. The summed E-state index contributed by atoms with van der Waals surface area (Å²) in [6, 6.07) is 17.3. The lowest BCUT2D eigenvalue weighted by molar-refractivity contribution is 0.0996. The fourth-order valence-electron chi connectivity index (χ4n) is 3.77. The van der Waals surface area contributed by atoms with Crippen LogP contribution in [0.3, 0.4) is 0 Å². The molecular weight excluding hydrogens is 478 g/mol. The van der Waals surface area contributed by atoms with Gasteiger partial charge in [-0.1, -0.05) is 48.9 Å². The monoisotopic (exact) mass is 501 g/mol. The average molecular weight is 502 g/mol. The molecule has 5 aromatic rings. The molecule has 0 aliphatic carbocycles. The van der Waals surface area contributed by atoms with Gasteiger partial charge in [-0.25, -0.2) is 9.97 Å². The number of benzene rings is 2. The van der Waals surface area contributed by atoms with Crippen LogP contribution >= 0.6 is 11.6 Å². The summed E-state index contributed by atoms with van der Waals surface area (Å²) in [6.07, 6.45) is 5.63. The number of hydrogen-bond acceptors (Lipinski definition) is 6. The fourth-order valence-corrected chi connectivity index (χ4v) is 4.03. The molecule has 9 nitrogen and oxygen atoms in total. The Morgan fingerprint density at radius 3 is 2.47 bits per heavy atom. The lowest BCUT2D eigenvalue weighted by Gasteiger charge is -2.14. The number of fused-ring (bicyclic) bond motifs is 1. The quantitative estimate of drug-likeness (QED) is 0.385. The van der Waals surface area contributed by atoms with E-state index in [1.165, 1.54) is 6.20 Å². The van der Waals surface area contributed by atoms with Crippen molar-refractivity contribution in [2.45, 2.75) is 13.3 Å². The zero-order chi connectivity index (χ0) is 25.8. The maximum Gasteiger partial charge on any atom is 0.271 e. The van der Waals surface area contributed by atoms with Gasteiger partial charge < -0.3 is 11.5 Å². The Labute approximate surface area is 212 Å². The van der Waals surface area contributed by atoms with Gasteiger partial charge in [-0.3, -0.25) is 18.8 Å². The first kappa shape index (κ1) is 24.6. The maximum atomic E-state index is 12.8. The third-order valence-corrected chi connectivity index (χ3v) is 5.80. The fraction of sp³-hybridized carbons (Fsp3) is 0.115. The van der Waals surface area contributed by atoms with Crippen LogP contribution < -0.4 is 17.0 Å². The number of anilines is 1. The summed E-state index contributed by atoms with van der Waals surface area (Å²) in [5, 5.41) is 5.97. The van der Waals surface area contributed by atoms with Gasteiger partial charge in [-0.05, 0) is 36.1 Å². The molecule has 0 saturated carbocycles. The first-order valence-electron chi connectivity index (χ1n) is 11.1. The molecule has 0 spiro atoms. The van der Waals surface area contributed by atoms with Gasteiger partial charge in [0.2, 0.25) is 0 Å². The van der Waals surface area contributed by atoms with Gasteiger partial charge in [0.15, 0.2) is 11.5 Å². The van der Waals surface area contributed by atoms with Gasteiger partial charge in [0.05, 0.1) is 28.5 Å². The summed E-state index contributed by atoms with van der Waals surface area (Å²) < 4.78 is 3.37. The first-order chi connectivity index (χ1) is 17.3. The minimum absolute atomic E-state index is 0.0265. The van der Waals surface area contributed by atoms with E-state index in [0.29, 0.717) is 16.1 Å². The number of nitrogen functional groups attached to an aromatic ring is 1. The number of para-hydroxylation sites is 1. The van der Waals surface area contributed by atoms with Crippen molar-refractivity contribution < 1.29 is 4.79 Å². The highest BCUT2D eigenvalue weighted by Crippen LogP contribution is 2.23. The number of nitrogens with zero attached hydrogens (tertiary/aromatic N) is 5. The van der Waals surface area contributed by atoms with E-state index >= 15 is 0 Å². The highest BCUT2D eigenvalue weighted by molar-refractivity contribution is 6.35. The molecule has 0 unspecified atom stereocenters. The Morgan fingerprint density at radius 2 is 1.83 bits per heavy atom. The second-order valence-electron chi connectivity index (χ2n) is 7.93. The van der Waals surface area contributed by atoms with Crippen LogP contribution in [0, 0.1) is 0 Å². The number of amides is 1. The van der Waals surface area contributed by atoms with Crippen molar-refractivity contribution in [3.05, 3.63) is 100.0 Å². The van der Waals surface area contributed by atoms with Gasteiger partial charge in [0.25, 0.3) is 11.5 Å². The summed E-state index contributed by atoms with van der Waals surface area (Å²) in [7, 11) is 1.78. The predicted octanol–water partition coefficient (Wildman–Crippen LogP) is 3.76. The molecule has 3 heterocycles. The number of carbonyl (C=O) groups excluding carboxylic acids is 1. The Kier molecular flexibility index (Phi) is 7.12. The van der Waals surface area contributed by atoms with E-state index in [9.17, 15) is 9.59 Å². The molecule has 36 heavy (non-hydrogen) atoms. The predicted molar refractivity (Wildman–Crippen MR) is 141 cm³/mol. The Bertz CT molecular complexity index is 1610. The number of pyridine rings is 1. The van der Waals surface area contributed by atoms with Gasteiger partial charge in [0.1, 0.15) is 0 Å². The molecule has 2 aromatic carbocycles. The first-order valence-corrected chi connectivity index (χ1v) is 11.5. The molecule has 4 N–H and O–H groups in total. The van der Waals surface area contributed by atoms with Crippen molar-refractivity contribution in [1.29, 1.82) is 0 Å². The van der Waals surface area contributed by atoms with Crippen molar-refractivity contribution in [2.24, 2.45) is 12.8 Å². The van der Waals surface area contributed by atoms with E-state index in [4.69, 9.17) is 23.1 Å². The third-order valence-electron chi connectivity index (χ3n) is 5.48. The van der Waals surface area contributed by atoms with Crippen LogP contribution in [-0.4, -0.2) is 30.2 Å². The van der Waals surface area contributed by atoms with Crippen LogP contribution in [0.1, 0.15) is 23.1 Å². The van der Waals surface area contributed by atoms with Crippen molar-refractivity contribution in [2.75, 3.05) is 5.73 Å². The molecule has 5 rings (SSSR count). The van der Waals surface area contributed by atoms with E-state index in [1.54, 1.807) is 34.8 Å². The maximum absolute atomic E-state index is 12.8. The van der Waals surface area contributed by atoms with E-state index in [-0.39, 0.29) is 17.1 Å². The van der Waals surface area contributed by atoms with E-state index in [1.807, 2.05) is 55.5 Å². The van der Waals surface area contributed by atoms with Gasteiger partial charge >= 0.3 is 0 Å². The topological polar surface area (TPSA) is 135 Å². The average Bonchev–Trinajstić information content (AvgIpc) is 3.31. The molecule has 0 saturated heterocycles. The second kappa shape index (κ2) is 10.4. The molecule has 10 heteroatoms. The molecule has 0 fully saturated rings. The van der Waals surface area contributed by atoms with Crippen LogP contribution in [0.2, 0.25) is 5.02 Å². The summed E-state index contributed by atoms with van der Waals surface area (Å²) in [4.78, 5) is 31.7. The molecule has 0 radical (unpaired) electrons. The number of rotatable bonds is 4. The SMILES string of the molecule is CCc1cc2cccc(Cl)c2c(=O)n1-c1ccccc1.Cn1cc(-c2cnc(N)c(C(N)=O)n2)cn1. The standard InChI is InChI=1S/C17H14ClNO.C9H10N6O/c1-2-13-11-12-7-6-10-15(18)16(12)17(20)19(13)14-8-4-3-5-9-14;1-15-4-5(2-13-15)6-3-12-8(10)7(14-6)9(11)16/h3-11H,2H2,1H3;2-4H,1H3,(H2,10,12)(H2,11,16). The Balaban J connectivity index is 0.000000174. The van der Waals surface area contributed by atoms with Crippen LogP contribution in [0.15, 0.2) is 78.0 Å². The zero-order valence-electron chi connectivity index (χ0n) is 19.7. The third kappa shape index (κ3) is 4.96. The van der Waals surface area contributed by atoms with Crippen molar-refractivity contribution in [3.63, 3.8) is 0 Å². The number of nitrogens with two attached hydrogens (primary N) is 2. The molecule has 182 valence electrons. The molecule has 3 aromatic heterocycles. The highest BCUT2D eigenvalue weighted by atomic mass is 35.5. The van der Waals surface area contributed by atoms with Crippen LogP contribution in [-0.2, 0) is 13.5 Å². The van der Waals surface area contributed by atoms with Crippen LogP contribution in [0.4, 0.5) is 5.82 Å². The summed E-state index contributed by atoms with van der Waals surface area (Å²) >= 11 is 6.20. The van der Waals surface area contributed by atoms with E-state index < -0.39 is 5.91 Å². The number of primary amides is 1. The van der Waals surface area contributed by atoms with Crippen LogP contribution in [0.5, 0.6) is 0 Å². The Morgan fingerprint density at radius 1 is 1.08 bits per heavy atom. The van der Waals surface area contributed by atoms with Gasteiger partial charge in [-0.2, -0.15) is 5.10 Å². The number of aryl methyl sites for hydroxylation is 2. The number of aromatic nitrogens is 5. The number of carbonyl (C=O) groups is 1. The molecular formula is C26H24ClN7O2. The smallest absolute Gasteiger partial charge is 0.271 e. The largest absolute Gasteiger partial charge is 0.382 e. The molecule has 0 bridgehead atoms. The van der Waals surface area contributed by atoms with Crippen molar-refractivity contribution >= 4 is 34.1 Å². The minimum Gasteiger partial charge on any atom is -0.382 e. The van der Waals surface area contributed by atoms with Crippen molar-refractivity contribution in [1.82, 2.24) is 24.3 Å². The minimum atomic E-state index is -0.698. The lowest BCUT2D eigenvalue weighted by Crippen LogP contribution is -2.22. The van der Waals surface area contributed by atoms with E-state index in [0.717, 1.165) is 28.8 Å². The lowest BCUT2D eigenvalue weighted by atomic mass is 10.1. The highest BCUT2D eigenvalue weighted by Gasteiger charge is 2.13. The summed E-state index contributed by atoms with van der Waals surface area (Å²) in [5.74, 6) is -0.670. The zero-order valence-corrected chi connectivity index (χ0v) is 20.5. The van der Waals surface area contributed by atoms with Crippen molar-refractivity contribution in [3.8, 4) is 16.9 Å². The molecule has 0 atom stereocenters. The summed E-state index contributed by atoms with van der Waals surface area (Å²) in [5.41, 5.74) is 13.6. The Hall–Kier alpha value is -4.50. The number of hydrogen-bond donors (Lipinski definition) is 2. The van der Waals surface area contributed by atoms with Gasteiger partial charge in [0, 0.05) is 30.2 Å².